The Labute approximate surface area is 166 Å². The van der Waals surface area contributed by atoms with Gasteiger partial charge in [0.2, 0.25) is 11.8 Å². The van der Waals surface area contributed by atoms with Crippen LogP contribution in [0.15, 0.2) is 30.3 Å². The zero-order chi connectivity index (χ0) is 21.3. The summed E-state index contributed by atoms with van der Waals surface area (Å²) in [5, 5.41) is 2.65. The maximum atomic E-state index is 13.5. The minimum atomic E-state index is -0.996. The topological polar surface area (TPSA) is 75.7 Å². The predicted octanol–water partition coefficient (Wildman–Crippen LogP) is 3.36. The van der Waals surface area contributed by atoms with Gasteiger partial charge >= 0.3 is 5.97 Å². The van der Waals surface area contributed by atoms with E-state index in [1.807, 2.05) is 0 Å². The number of halogens is 2. The van der Waals surface area contributed by atoms with Crippen LogP contribution in [0.2, 0.25) is 0 Å². The number of aryl methyl sites for hydroxylation is 1. The Kier molecular flexibility index (Phi) is 5.63. The predicted molar refractivity (Wildman–Crippen MR) is 103 cm³/mol. The van der Waals surface area contributed by atoms with E-state index in [1.54, 1.807) is 19.9 Å². The van der Waals surface area contributed by atoms with E-state index in [-0.39, 0.29) is 18.7 Å². The van der Waals surface area contributed by atoms with Crippen LogP contribution in [0.5, 0.6) is 0 Å². The molecule has 1 fully saturated rings. The number of nitrogens with zero attached hydrogens (tertiary/aromatic N) is 1. The third-order valence-electron chi connectivity index (χ3n) is 5.02. The van der Waals surface area contributed by atoms with Crippen LogP contribution in [0.3, 0.4) is 0 Å². The molecule has 1 aliphatic heterocycles. The molecule has 0 aliphatic carbocycles. The Morgan fingerprint density at radius 2 is 1.76 bits per heavy atom. The average molecular weight is 402 g/mol. The second-order valence-corrected chi connectivity index (χ2v) is 6.91. The van der Waals surface area contributed by atoms with Gasteiger partial charge in [-0.15, -0.1) is 0 Å². The van der Waals surface area contributed by atoms with Crippen LogP contribution < -0.4 is 10.2 Å². The molecule has 0 saturated carbocycles. The van der Waals surface area contributed by atoms with Crippen LogP contribution in [-0.4, -0.2) is 31.4 Å². The molecule has 1 N–H and O–H groups in total. The fraction of sp³-hybridized carbons (Fsp3) is 0.286. The lowest BCUT2D eigenvalue weighted by Crippen LogP contribution is -2.33. The van der Waals surface area contributed by atoms with E-state index in [0.717, 1.165) is 23.3 Å². The average Bonchev–Trinajstić information content (AvgIpc) is 3.04. The summed E-state index contributed by atoms with van der Waals surface area (Å²) in [6, 6.07) is 6.00. The third kappa shape index (κ3) is 4.11. The summed E-state index contributed by atoms with van der Waals surface area (Å²) >= 11 is 0. The van der Waals surface area contributed by atoms with Crippen molar-refractivity contribution in [1.29, 1.82) is 0 Å². The van der Waals surface area contributed by atoms with Crippen molar-refractivity contribution in [2.45, 2.75) is 20.3 Å². The highest BCUT2D eigenvalue weighted by atomic mass is 19.1. The normalized spacial score (nSPS) is 16.1. The zero-order valence-corrected chi connectivity index (χ0v) is 16.2. The molecule has 0 bridgehead atoms. The molecule has 1 unspecified atom stereocenters. The summed E-state index contributed by atoms with van der Waals surface area (Å²) in [5.74, 6) is -4.21. The van der Waals surface area contributed by atoms with Crippen LogP contribution in [0.1, 0.15) is 27.9 Å². The highest BCUT2D eigenvalue weighted by molar-refractivity contribution is 6.13. The van der Waals surface area contributed by atoms with Gasteiger partial charge in [-0.3, -0.25) is 9.59 Å². The molecule has 1 aliphatic rings. The largest absolute Gasteiger partial charge is 0.465 e. The summed E-state index contributed by atoms with van der Waals surface area (Å²) in [4.78, 5) is 38.4. The number of esters is 1. The number of carbonyl (C=O) groups is 3. The maximum absolute atomic E-state index is 13.5. The van der Waals surface area contributed by atoms with Gasteiger partial charge in [0.1, 0.15) is 17.6 Å². The number of amides is 2. The third-order valence-corrected chi connectivity index (χ3v) is 5.02. The number of ether oxygens (including phenoxy) is 1. The molecule has 0 radical (unpaired) electrons. The zero-order valence-electron chi connectivity index (χ0n) is 16.2. The Morgan fingerprint density at radius 1 is 1.10 bits per heavy atom. The molecule has 152 valence electrons. The molecule has 29 heavy (non-hydrogen) atoms. The SMILES string of the molecule is COC(=O)c1cc(NC(=O)C2CCN(c3cc(F)cc(F)c3)C2=O)cc(C)c1C. The molecule has 0 spiro atoms. The quantitative estimate of drug-likeness (QED) is 0.629. The lowest BCUT2D eigenvalue weighted by Gasteiger charge is -2.17. The molecule has 2 aromatic rings. The highest BCUT2D eigenvalue weighted by Gasteiger charge is 2.38. The Bertz CT molecular complexity index is 986. The Hall–Kier alpha value is -3.29. The summed E-state index contributed by atoms with van der Waals surface area (Å²) in [7, 11) is 1.27. The van der Waals surface area contributed by atoms with Crippen molar-refractivity contribution in [2.75, 3.05) is 23.9 Å². The van der Waals surface area contributed by atoms with Gasteiger partial charge in [0.15, 0.2) is 0 Å². The van der Waals surface area contributed by atoms with Crippen molar-refractivity contribution < 1.29 is 27.9 Å². The molecule has 0 aromatic heterocycles. The van der Waals surface area contributed by atoms with E-state index in [2.05, 4.69) is 5.32 Å². The van der Waals surface area contributed by atoms with E-state index >= 15 is 0 Å². The standard InChI is InChI=1S/C21H20F2N2O4/c1-11-6-15(10-18(12(11)2)21(28)29-3)24-19(26)17-4-5-25(20(17)27)16-8-13(22)7-14(23)9-16/h6-10,17H,4-5H2,1-3H3,(H,24,26). The Balaban J connectivity index is 1.79. The first-order valence-electron chi connectivity index (χ1n) is 8.99. The smallest absolute Gasteiger partial charge is 0.338 e. The summed E-state index contributed by atoms with van der Waals surface area (Å²) < 4.78 is 31.7. The number of rotatable bonds is 4. The second-order valence-electron chi connectivity index (χ2n) is 6.91. The number of carbonyl (C=O) groups excluding carboxylic acids is 3. The number of hydrogen-bond acceptors (Lipinski definition) is 4. The first kappa shape index (κ1) is 20.4. The molecule has 6 nitrogen and oxygen atoms in total. The number of anilines is 2. The number of benzene rings is 2. The van der Waals surface area contributed by atoms with Gasteiger partial charge in [-0.25, -0.2) is 13.6 Å². The van der Waals surface area contributed by atoms with E-state index in [0.29, 0.717) is 17.3 Å². The first-order valence-corrected chi connectivity index (χ1v) is 8.99. The van der Waals surface area contributed by atoms with Gasteiger partial charge in [-0.1, -0.05) is 0 Å². The first-order chi connectivity index (χ1) is 13.7. The lowest BCUT2D eigenvalue weighted by molar-refractivity contribution is -0.129. The molecule has 1 heterocycles. The van der Waals surface area contributed by atoms with Gasteiger partial charge in [0.25, 0.3) is 0 Å². The van der Waals surface area contributed by atoms with Crippen LogP contribution in [0.25, 0.3) is 0 Å². The van der Waals surface area contributed by atoms with Gasteiger partial charge in [0.05, 0.1) is 12.7 Å². The van der Waals surface area contributed by atoms with Gasteiger partial charge in [-0.2, -0.15) is 0 Å². The lowest BCUT2D eigenvalue weighted by atomic mass is 10.0. The van der Waals surface area contributed by atoms with Gasteiger partial charge in [0, 0.05) is 24.0 Å². The fourth-order valence-corrected chi connectivity index (χ4v) is 3.36. The molecular weight excluding hydrogens is 382 g/mol. The highest BCUT2D eigenvalue weighted by Crippen LogP contribution is 2.28. The minimum Gasteiger partial charge on any atom is -0.465 e. The fourth-order valence-electron chi connectivity index (χ4n) is 3.36. The summed E-state index contributed by atoms with van der Waals surface area (Å²) in [6.07, 6.45) is 0.206. The minimum absolute atomic E-state index is 0.0713. The van der Waals surface area contributed by atoms with Crippen molar-refractivity contribution >= 4 is 29.2 Å². The molecule has 1 atom stereocenters. The molecular formula is C21H20F2N2O4. The van der Waals surface area contributed by atoms with Crippen LogP contribution >= 0.6 is 0 Å². The van der Waals surface area contributed by atoms with Crippen molar-refractivity contribution in [3.63, 3.8) is 0 Å². The van der Waals surface area contributed by atoms with E-state index in [4.69, 9.17) is 4.74 Å². The van der Waals surface area contributed by atoms with Crippen molar-refractivity contribution in [3.8, 4) is 0 Å². The number of hydrogen-bond donors (Lipinski definition) is 1. The van der Waals surface area contributed by atoms with Gasteiger partial charge in [-0.05, 0) is 55.7 Å². The maximum Gasteiger partial charge on any atom is 0.338 e. The van der Waals surface area contributed by atoms with Crippen LogP contribution in [0.4, 0.5) is 20.2 Å². The summed E-state index contributed by atoms with van der Waals surface area (Å²) in [5.41, 5.74) is 2.25. The van der Waals surface area contributed by atoms with Crippen LogP contribution in [-0.2, 0) is 14.3 Å². The van der Waals surface area contributed by atoms with Crippen molar-refractivity contribution in [2.24, 2.45) is 5.92 Å². The monoisotopic (exact) mass is 402 g/mol. The Morgan fingerprint density at radius 3 is 2.38 bits per heavy atom. The van der Waals surface area contributed by atoms with E-state index < -0.39 is 35.3 Å². The second kappa shape index (κ2) is 7.98. The van der Waals surface area contributed by atoms with Crippen molar-refractivity contribution in [3.05, 3.63) is 58.7 Å². The van der Waals surface area contributed by atoms with Crippen molar-refractivity contribution in [1.82, 2.24) is 0 Å². The van der Waals surface area contributed by atoms with Crippen LogP contribution in [0, 0.1) is 31.4 Å². The number of nitrogens with one attached hydrogen (secondary N) is 1. The summed E-state index contributed by atoms with van der Waals surface area (Å²) in [6.45, 7) is 3.72. The molecule has 2 amide bonds. The number of methoxy groups -OCH3 is 1. The molecule has 8 heteroatoms. The molecule has 1 saturated heterocycles. The van der Waals surface area contributed by atoms with Gasteiger partial charge < -0.3 is 15.0 Å². The van der Waals surface area contributed by atoms with E-state index in [9.17, 15) is 23.2 Å². The van der Waals surface area contributed by atoms with E-state index in [1.165, 1.54) is 18.1 Å². The molecule has 3 rings (SSSR count). The molecule has 2 aromatic carbocycles.